The van der Waals surface area contributed by atoms with Gasteiger partial charge in [0.2, 0.25) is 0 Å². The molecule has 0 unspecified atom stereocenters. The first-order valence-corrected chi connectivity index (χ1v) is 3.47. The van der Waals surface area contributed by atoms with Gasteiger partial charge in [0.15, 0.2) is 5.65 Å². The van der Waals surface area contributed by atoms with E-state index in [-0.39, 0.29) is 0 Å². The molecule has 0 saturated carbocycles. The van der Waals surface area contributed by atoms with Crippen LogP contribution in [0.3, 0.4) is 0 Å². The fourth-order valence-electron chi connectivity index (χ4n) is 1.16. The summed E-state index contributed by atoms with van der Waals surface area (Å²) >= 11 is 0. The largest absolute Gasteiger partial charge is 0.396 e. The standard InChI is InChI=1S/C8H9N3/c1-6-5-10-8-7(9)3-2-4-11(6)8/h2-5H,9H2,1H3. The van der Waals surface area contributed by atoms with Crippen LogP contribution in [0.1, 0.15) is 5.69 Å². The lowest BCUT2D eigenvalue weighted by Crippen LogP contribution is -1.92. The minimum Gasteiger partial charge on any atom is -0.396 e. The number of nitrogens with two attached hydrogens (primary N) is 1. The Balaban J connectivity index is 2.94. The van der Waals surface area contributed by atoms with Gasteiger partial charge in [-0.25, -0.2) is 4.98 Å². The Morgan fingerprint density at radius 3 is 3.09 bits per heavy atom. The number of imidazole rings is 1. The fourth-order valence-corrected chi connectivity index (χ4v) is 1.16. The van der Waals surface area contributed by atoms with Crippen LogP contribution in [0.15, 0.2) is 24.5 Å². The Kier molecular flexibility index (Phi) is 1.12. The average Bonchev–Trinajstić information content (AvgIpc) is 2.35. The van der Waals surface area contributed by atoms with Crippen LogP contribution in [-0.2, 0) is 0 Å². The second kappa shape index (κ2) is 1.99. The van der Waals surface area contributed by atoms with Crippen LogP contribution in [-0.4, -0.2) is 9.38 Å². The van der Waals surface area contributed by atoms with E-state index < -0.39 is 0 Å². The molecule has 0 spiro atoms. The van der Waals surface area contributed by atoms with Crippen molar-refractivity contribution in [3.05, 3.63) is 30.2 Å². The van der Waals surface area contributed by atoms with Gasteiger partial charge in [0.05, 0.1) is 5.69 Å². The molecule has 11 heavy (non-hydrogen) atoms. The molecule has 2 aromatic heterocycles. The molecule has 0 aliphatic carbocycles. The van der Waals surface area contributed by atoms with Crippen molar-refractivity contribution in [2.75, 3.05) is 5.73 Å². The van der Waals surface area contributed by atoms with Gasteiger partial charge in [-0.1, -0.05) is 0 Å². The summed E-state index contributed by atoms with van der Waals surface area (Å²) in [6.45, 7) is 2.00. The molecule has 2 aromatic rings. The highest BCUT2D eigenvalue weighted by Crippen LogP contribution is 2.11. The average molecular weight is 147 g/mol. The molecule has 56 valence electrons. The molecule has 2 rings (SSSR count). The topological polar surface area (TPSA) is 43.3 Å². The minimum absolute atomic E-state index is 0.723. The molecule has 0 bridgehead atoms. The summed E-state index contributed by atoms with van der Waals surface area (Å²) in [5.74, 6) is 0. The first-order chi connectivity index (χ1) is 5.29. The summed E-state index contributed by atoms with van der Waals surface area (Å²) in [6.07, 6.45) is 3.76. The van der Waals surface area contributed by atoms with Gasteiger partial charge in [-0.2, -0.15) is 0 Å². The molecule has 0 fully saturated rings. The third-order valence-electron chi connectivity index (χ3n) is 1.75. The molecule has 0 aliphatic rings. The Bertz CT molecular complexity index is 389. The zero-order valence-electron chi connectivity index (χ0n) is 6.28. The number of aryl methyl sites for hydroxylation is 1. The molecule has 0 radical (unpaired) electrons. The van der Waals surface area contributed by atoms with E-state index in [0.717, 1.165) is 17.0 Å². The third-order valence-corrected chi connectivity index (χ3v) is 1.75. The lowest BCUT2D eigenvalue weighted by Gasteiger charge is -1.96. The van der Waals surface area contributed by atoms with Gasteiger partial charge in [0.25, 0.3) is 0 Å². The van der Waals surface area contributed by atoms with Crippen molar-refractivity contribution >= 4 is 11.3 Å². The highest BCUT2D eigenvalue weighted by atomic mass is 15.0. The van der Waals surface area contributed by atoms with Gasteiger partial charge in [0.1, 0.15) is 0 Å². The summed E-state index contributed by atoms with van der Waals surface area (Å²) < 4.78 is 1.97. The number of pyridine rings is 1. The molecule has 3 nitrogen and oxygen atoms in total. The summed E-state index contributed by atoms with van der Waals surface area (Å²) in [6, 6.07) is 3.76. The van der Waals surface area contributed by atoms with E-state index in [1.807, 2.05) is 35.9 Å². The van der Waals surface area contributed by atoms with E-state index in [1.165, 1.54) is 0 Å². The highest BCUT2D eigenvalue weighted by Gasteiger charge is 1.99. The monoisotopic (exact) mass is 147 g/mol. The number of hydrogen-bond donors (Lipinski definition) is 1. The van der Waals surface area contributed by atoms with Crippen LogP contribution in [0.5, 0.6) is 0 Å². The van der Waals surface area contributed by atoms with Crippen LogP contribution < -0.4 is 5.73 Å². The van der Waals surface area contributed by atoms with Crippen molar-refractivity contribution in [1.29, 1.82) is 0 Å². The second-order valence-corrected chi connectivity index (χ2v) is 2.56. The molecular formula is C8H9N3. The van der Waals surface area contributed by atoms with E-state index >= 15 is 0 Å². The minimum atomic E-state index is 0.723. The fraction of sp³-hybridized carbons (Fsp3) is 0.125. The Morgan fingerprint density at radius 2 is 2.36 bits per heavy atom. The SMILES string of the molecule is Cc1cnc2c(N)cccn12. The van der Waals surface area contributed by atoms with E-state index in [9.17, 15) is 0 Å². The number of nitrogen functional groups attached to an aromatic ring is 1. The number of fused-ring (bicyclic) bond motifs is 1. The Hall–Kier alpha value is -1.51. The van der Waals surface area contributed by atoms with Crippen molar-refractivity contribution in [3.8, 4) is 0 Å². The van der Waals surface area contributed by atoms with Gasteiger partial charge in [-0.3, -0.25) is 0 Å². The number of anilines is 1. The van der Waals surface area contributed by atoms with Gasteiger partial charge in [-0.05, 0) is 19.1 Å². The normalized spacial score (nSPS) is 10.6. The summed E-state index contributed by atoms with van der Waals surface area (Å²) in [5, 5.41) is 0. The Labute approximate surface area is 64.5 Å². The number of aromatic nitrogens is 2. The zero-order chi connectivity index (χ0) is 7.84. The molecule has 2 heterocycles. The summed E-state index contributed by atoms with van der Waals surface area (Å²) in [7, 11) is 0. The molecule has 3 heteroatoms. The van der Waals surface area contributed by atoms with Crippen LogP contribution >= 0.6 is 0 Å². The first kappa shape index (κ1) is 6.22. The molecular weight excluding hydrogens is 138 g/mol. The molecule has 0 aromatic carbocycles. The summed E-state index contributed by atoms with van der Waals surface area (Å²) in [4.78, 5) is 4.16. The van der Waals surface area contributed by atoms with Crippen LogP contribution in [0.25, 0.3) is 5.65 Å². The quantitative estimate of drug-likeness (QED) is 0.609. The molecule has 0 atom stereocenters. The van der Waals surface area contributed by atoms with Crippen molar-refractivity contribution < 1.29 is 0 Å². The molecule has 0 saturated heterocycles. The van der Waals surface area contributed by atoms with Gasteiger partial charge in [-0.15, -0.1) is 0 Å². The summed E-state index contributed by atoms with van der Waals surface area (Å²) in [5.41, 5.74) is 8.35. The second-order valence-electron chi connectivity index (χ2n) is 2.56. The van der Waals surface area contributed by atoms with Gasteiger partial charge in [0, 0.05) is 18.1 Å². The zero-order valence-corrected chi connectivity index (χ0v) is 6.28. The molecule has 0 aliphatic heterocycles. The smallest absolute Gasteiger partial charge is 0.160 e. The van der Waals surface area contributed by atoms with Crippen molar-refractivity contribution in [1.82, 2.24) is 9.38 Å². The third kappa shape index (κ3) is 0.774. The lowest BCUT2D eigenvalue weighted by atomic mass is 10.4. The highest BCUT2D eigenvalue weighted by molar-refractivity contribution is 5.64. The van der Waals surface area contributed by atoms with Crippen molar-refractivity contribution in [2.24, 2.45) is 0 Å². The maximum Gasteiger partial charge on any atom is 0.160 e. The van der Waals surface area contributed by atoms with Gasteiger partial charge < -0.3 is 10.1 Å². The predicted octanol–water partition coefficient (Wildman–Crippen LogP) is 1.22. The van der Waals surface area contributed by atoms with E-state index in [0.29, 0.717) is 0 Å². The van der Waals surface area contributed by atoms with E-state index in [1.54, 1.807) is 0 Å². The van der Waals surface area contributed by atoms with Crippen LogP contribution in [0, 0.1) is 6.92 Å². The Morgan fingerprint density at radius 1 is 1.55 bits per heavy atom. The maximum atomic E-state index is 5.69. The molecule has 0 amide bonds. The van der Waals surface area contributed by atoms with E-state index in [4.69, 9.17) is 5.73 Å². The maximum absolute atomic E-state index is 5.69. The predicted molar refractivity (Wildman–Crippen MR) is 44.3 cm³/mol. The van der Waals surface area contributed by atoms with Crippen molar-refractivity contribution in [2.45, 2.75) is 6.92 Å². The van der Waals surface area contributed by atoms with E-state index in [2.05, 4.69) is 4.98 Å². The van der Waals surface area contributed by atoms with Crippen LogP contribution in [0.2, 0.25) is 0 Å². The first-order valence-electron chi connectivity index (χ1n) is 3.47. The molecule has 2 N–H and O–H groups in total. The number of nitrogens with zero attached hydrogens (tertiary/aromatic N) is 2. The lowest BCUT2D eigenvalue weighted by molar-refractivity contribution is 1.11. The number of rotatable bonds is 0. The number of hydrogen-bond acceptors (Lipinski definition) is 2. The van der Waals surface area contributed by atoms with Gasteiger partial charge >= 0.3 is 0 Å². The van der Waals surface area contributed by atoms with Crippen LogP contribution in [0.4, 0.5) is 5.69 Å². The van der Waals surface area contributed by atoms with Crippen molar-refractivity contribution in [3.63, 3.8) is 0 Å².